The largest absolute Gasteiger partial charge is 0.493 e. The zero-order chi connectivity index (χ0) is 17.7. The number of methoxy groups -OCH3 is 1. The summed E-state index contributed by atoms with van der Waals surface area (Å²) in [6.07, 6.45) is 6.41. The first-order valence-electron chi connectivity index (χ1n) is 9.50. The lowest BCUT2D eigenvalue weighted by Crippen LogP contribution is -2.54. The summed E-state index contributed by atoms with van der Waals surface area (Å²) in [4.78, 5) is 0. The average molecular weight is 352 g/mol. The highest BCUT2D eigenvalue weighted by Crippen LogP contribution is 2.53. The van der Waals surface area contributed by atoms with Gasteiger partial charge in [0, 0.05) is 24.8 Å². The standard InChI is InChI=1S/C21H24N2O3/c1-14-9-10-18(25-14)16-13-17-15-7-6-8-19(24-2)20(15)26-21(23(17)22-16)11-4-3-5-12-21/h6-10,17H,3-5,11-13H2,1-2H3/t17-/m0/s1. The van der Waals surface area contributed by atoms with E-state index in [4.69, 9.17) is 19.0 Å². The van der Waals surface area contributed by atoms with Gasteiger partial charge in [-0.05, 0) is 38.0 Å². The van der Waals surface area contributed by atoms with Crippen molar-refractivity contribution in [1.29, 1.82) is 0 Å². The van der Waals surface area contributed by atoms with Gasteiger partial charge in [0.15, 0.2) is 17.2 Å². The predicted octanol–water partition coefficient (Wildman–Crippen LogP) is 4.80. The van der Waals surface area contributed by atoms with Crippen LogP contribution < -0.4 is 9.47 Å². The van der Waals surface area contributed by atoms with E-state index in [9.17, 15) is 0 Å². The number of ether oxygens (including phenoxy) is 2. The van der Waals surface area contributed by atoms with Crippen LogP contribution in [0.3, 0.4) is 0 Å². The number of nitrogens with zero attached hydrogens (tertiary/aromatic N) is 2. The van der Waals surface area contributed by atoms with Crippen molar-refractivity contribution in [2.45, 2.75) is 57.2 Å². The number of hydrogen-bond donors (Lipinski definition) is 0. The fourth-order valence-electron chi connectivity index (χ4n) is 4.60. The number of hydrazone groups is 1. The average Bonchev–Trinajstić information content (AvgIpc) is 3.29. The van der Waals surface area contributed by atoms with Crippen molar-refractivity contribution in [3.63, 3.8) is 0 Å². The van der Waals surface area contributed by atoms with Crippen LogP contribution in [0.1, 0.15) is 61.7 Å². The van der Waals surface area contributed by atoms with Crippen molar-refractivity contribution in [3.8, 4) is 11.5 Å². The lowest BCUT2D eigenvalue weighted by molar-refractivity contribution is -0.141. The minimum atomic E-state index is -0.367. The van der Waals surface area contributed by atoms with Gasteiger partial charge in [-0.1, -0.05) is 18.6 Å². The molecule has 1 aliphatic carbocycles. The summed E-state index contributed by atoms with van der Waals surface area (Å²) in [6.45, 7) is 1.97. The van der Waals surface area contributed by atoms with Gasteiger partial charge in [-0.3, -0.25) is 0 Å². The van der Waals surface area contributed by atoms with E-state index >= 15 is 0 Å². The maximum atomic E-state index is 6.65. The predicted molar refractivity (Wildman–Crippen MR) is 98.6 cm³/mol. The van der Waals surface area contributed by atoms with E-state index in [1.54, 1.807) is 7.11 Å². The Bertz CT molecular complexity index is 864. The summed E-state index contributed by atoms with van der Waals surface area (Å²) in [5, 5.41) is 7.24. The van der Waals surface area contributed by atoms with E-state index < -0.39 is 0 Å². The third kappa shape index (κ3) is 2.26. The Labute approximate surface area is 153 Å². The van der Waals surface area contributed by atoms with Crippen molar-refractivity contribution in [1.82, 2.24) is 5.01 Å². The topological polar surface area (TPSA) is 47.2 Å². The third-order valence-electron chi connectivity index (χ3n) is 5.87. The number of para-hydroxylation sites is 1. The fraction of sp³-hybridized carbons (Fsp3) is 0.476. The van der Waals surface area contributed by atoms with E-state index in [-0.39, 0.29) is 11.8 Å². The molecular weight excluding hydrogens is 328 g/mol. The third-order valence-corrected chi connectivity index (χ3v) is 5.87. The van der Waals surface area contributed by atoms with Crippen LogP contribution in [0.25, 0.3) is 0 Å². The highest BCUT2D eigenvalue weighted by atomic mass is 16.5. The second-order valence-electron chi connectivity index (χ2n) is 7.51. The minimum Gasteiger partial charge on any atom is -0.493 e. The molecule has 2 aliphatic heterocycles. The van der Waals surface area contributed by atoms with Crippen LogP contribution in [-0.4, -0.2) is 23.6 Å². The minimum absolute atomic E-state index is 0.173. The molecule has 5 nitrogen and oxygen atoms in total. The maximum Gasteiger partial charge on any atom is 0.198 e. The smallest absolute Gasteiger partial charge is 0.198 e. The van der Waals surface area contributed by atoms with E-state index in [0.29, 0.717) is 0 Å². The summed E-state index contributed by atoms with van der Waals surface area (Å²) in [5.41, 5.74) is 1.79. The molecule has 3 aliphatic rings. The number of fused-ring (bicyclic) bond motifs is 4. The van der Waals surface area contributed by atoms with Gasteiger partial charge >= 0.3 is 0 Å². The molecule has 0 radical (unpaired) electrons. The Morgan fingerprint density at radius 3 is 2.73 bits per heavy atom. The van der Waals surface area contributed by atoms with Crippen LogP contribution in [0.2, 0.25) is 0 Å². The Kier molecular flexibility index (Phi) is 3.52. The molecule has 0 bridgehead atoms. The molecule has 1 fully saturated rings. The second kappa shape index (κ2) is 5.79. The van der Waals surface area contributed by atoms with Crippen LogP contribution in [0.15, 0.2) is 39.9 Å². The Hall–Kier alpha value is -2.43. The summed E-state index contributed by atoms with van der Waals surface area (Å²) in [5.74, 6) is 3.49. The number of hydrogen-bond acceptors (Lipinski definition) is 5. The van der Waals surface area contributed by atoms with Crippen LogP contribution in [-0.2, 0) is 0 Å². The van der Waals surface area contributed by atoms with Crippen LogP contribution in [0.5, 0.6) is 11.5 Å². The van der Waals surface area contributed by atoms with Crippen molar-refractivity contribution in [3.05, 3.63) is 47.4 Å². The molecule has 5 rings (SSSR count). The summed E-state index contributed by atoms with van der Waals surface area (Å²) < 4.78 is 18.1. The molecule has 1 atom stereocenters. The van der Waals surface area contributed by atoms with Gasteiger partial charge in [-0.25, -0.2) is 5.01 Å². The van der Waals surface area contributed by atoms with Crippen LogP contribution >= 0.6 is 0 Å². The second-order valence-corrected chi connectivity index (χ2v) is 7.51. The SMILES string of the molecule is COc1cccc2c1OC1(CCCCC1)N1N=C(c3ccc(C)o3)C[C@@H]21. The van der Waals surface area contributed by atoms with Gasteiger partial charge in [0.25, 0.3) is 0 Å². The number of aryl methyl sites for hydroxylation is 1. The van der Waals surface area contributed by atoms with Crippen molar-refractivity contribution in [2.24, 2.45) is 5.10 Å². The molecule has 1 aromatic heterocycles. The van der Waals surface area contributed by atoms with Gasteiger partial charge in [-0.2, -0.15) is 5.10 Å². The molecule has 0 saturated heterocycles. The van der Waals surface area contributed by atoms with Gasteiger partial charge < -0.3 is 13.9 Å². The molecule has 3 heterocycles. The first kappa shape index (κ1) is 15.8. The van der Waals surface area contributed by atoms with Gasteiger partial charge in [0.1, 0.15) is 17.2 Å². The van der Waals surface area contributed by atoms with Crippen molar-refractivity contribution < 1.29 is 13.9 Å². The quantitative estimate of drug-likeness (QED) is 0.779. The highest BCUT2D eigenvalue weighted by Gasteiger charge is 2.51. The summed E-state index contributed by atoms with van der Waals surface area (Å²) in [6, 6.07) is 10.3. The van der Waals surface area contributed by atoms with Crippen LogP contribution in [0.4, 0.5) is 0 Å². The Morgan fingerprint density at radius 1 is 1.15 bits per heavy atom. The first-order valence-corrected chi connectivity index (χ1v) is 9.50. The molecular formula is C21H24N2O3. The fourth-order valence-corrected chi connectivity index (χ4v) is 4.60. The zero-order valence-electron chi connectivity index (χ0n) is 15.3. The van der Waals surface area contributed by atoms with E-state index in [1.165, 1.54) is 19.3 Å². The van der Waals surface area contributed by atoms with Crippen LogP contribution in [0, 0.1) is 6.92 Å². The summed E-state index contributed by atoms with van der Waals surface area (Å²) >= 11 is 0. The Morgan fingerprint density at radius 2 is 2.00 bits per heavy atom. The molecule has 5 heteroatoms. The van der Waals surface area contributed by atoms with Gasteiger partial charge in [0.2, 0.25) is 0 Å². The molecule has 1 spiro atoms. The molecule has 0 N–H and O–H groups in total. The normalized spacial score (nSPS) is 23.2. The first-order chi connectivity index (χ1) is 12.7. The summed E-state index contributed by atoms with van der Waals surface area (Å²) in [7, 11) is 1.71. The van der Waals surface area contributed by atoms with E-state index in [1.807, 2.05) is 31.2 Å². The van der Waals surface area contributed by atoms with Gasteiger partial charge in [-0.15, -0.1) is 0 Å². The maximum absolute atomic E-state index is 6.65. The lowest BCUT2D eigenvalue weighted by Gasteiger charge is -2.49. The highest BCUT2D eigenvalue weighted by molar-refractivity contribution is 5.99. The number of furan rings is 1. The molecule has 136 valence electrons. The molecule has 1 saturated carbocycles. The molecule has 0 unspecified atom stereocenters. The lowest BCUT2D eigenvalue weighted by atomic mass is 9.86. The number of rotatable bonds is 2. The molecule has 26 heavy (non-hydrogen) atoms. The molecule has 1 aromatic carbocycles. The zero-order valence-corrected chi connectivity index (χ0v) is 15.3. The van der Waals surface area contributed by atoms with E-state index in [2.05, 4.69) is 11.1 Å². The molecule has 0 amide bonds. The van der Waals surface area contributed by atoms with E-state index in [0.717, 1.165) is 53.6 Å². The molecule has 2 aromatic rings. The Balaban J connectivity index is 1.62. The van der Waals surface area contributed by atoms with Crippen molar-refractivity contribution in [2.75, 3.05) is 7.11 Å². The van der Waals surface area contributed by atoms with Crippen molar-refractivity contribution >= 4 is 5.71 Å². The number of benzene rings is 1. The monoisotopic (exact) mass is 352 g/mol. The van der Waals surface area contributed by atoms with Gasteiger partial charge in [0.05, 0.1) is 13.2 Å².